The van der Waals surface area contributed by atoms with Gasteiger partial charge in [0.2, 0.25) is 0 Å². The highest BCUT2D eigenvalue weighted by molar-refractivity contribution is 5.33. The third-order valence-corrected chi connectivity index (χ3v) is 2.90. The second-order valence-corrected chi connectivity index (χ2v) is 4.04. The average Bonchev–Trinajstić information content (AvgIpc) is 2.70. The zero-order chi connectivity index (χ0) is 11.6. The summed E-state index contributed by atoms with van der Waals surface area (Å²) in [5, 5.41) is 13.3. The summed E-state index contributed by atoms with van der Waals surface area (Å²) in [5.41, 5.74) is -0.329. The monoisotopic (exact) mass is 225 g/mol. The number of β-amino-alcohol motifs (C(OH)–C–C–N with tert-alkyl or cyclic N) is 1. The minimum atomic E-state index is -0.939. The molecule has 1 aliphatic rings. The van der Waals surface area contributed by atoms with E-state index in [-0.39, 0.29) is 5.75 Å². The molecule has 0 spiro atoms. The van der Waals surface area contributed by atoms with Crippen LogP contribution in [0.1, 0.15) is 18.9 Å². The number of halogens is 1. The predicted octanol–water partition coefficient (Wildman–Crippen LogP) is 1.41. The van der Waals surface area contributed by atoms with Crippen molar-refractivity contribution in [1.82, 2.24) is 5.32 Å². The number of aliphatic hydroxyl groups is 1. The van der Waals surface area contributed by atoms with E-state index in [0.717, 1.165) is 6.54 Å². The lowest BCUT2D eigenvalue weighted by Crippen LogP contribution is -2.28. The van der Waals surface area contributed by atoms with Crippen LogP contribution >= 0.6 is 0 Å². The number of hydrogen-bond donors (Lipinski definition) is 2. The van der Waals surface area contributed by atoms with Gasteiger partial charge in [0.15, 0.2) is 11.6 Å². The molecule has 0 aromatic heterocycles. The average molecular weight is 225 g/mol. The minimum absolute atomic E-state index is 0.237. The molecule has 0 aliphatic carbocycles. The highest BCUT2D eigenvalue weighted by atomic mass is 19.1. The van der Waals surface area contributed by atoms with Crippen LogP contribution in [0, 0.1) is 5.82 Å². The molecule has 1 aromatic carbocycles. The summed E-state index contributed by atoms with van der Waals surface area (Å²) < 4.78 is 18.7. The quantitative estimate of drug-likeness (QED) is 0.817. The second-order valence-electron chi connectivity index (χ2n) is 4.04. The molecule has 1 aliphatic heterocycles. The molecule has 3 nitrogen and oxygen atoms in total. The summed E-state index contributed by atoms with van der Waals surface area (Å²) in [6.45, 7) is 3.47. The zero-order valence-electron chi connectivity index (χ0n) is 9.29. The Hall–Kier alpha value is -1.13. The molecule has 0 saturated carbocycles. The van der Waals surface area contributed by atoms with E-state index in [0.29, 0.717) is 25.1 Å². The van der Waals surface area contributed by atoms with Crippen molar-refractivity contribution in [1.29, 1.82) is 0 Å². The largest absolute Gasteiger partial charge is 0.491 e. The Balaban J connectivity index is 2.26. The molecule has 0 radical (unpaired) electrons. The first-order valence-corrected chi connectivity index (χ1v) is 5.51. The van der Waals surface area contributed by atoms with Crippen LogP contribution in [-0.2, 0) is 5.60 Å². The van der Waals surface area contributed by atoms with E-state index in [1.165, 1.54) is 6.07 Å². The summed E-state index contributed by atoms with van der Waals surface area (Å²) >= 11 is 0. The maximum Gasteiger partial charge on any atom is 0.165 e. The Morgan fingerprint density at radius 3 is 2.94 bits per heavy atom. The second kappa shape index (κ2) is 4.39. The maximum atomic E-state index is 13.6. The normalized spacial score (nSPS) is 24.7. The Morgan fingerprint density at radius 2 is 2.38 bits per heavy atom. The maximum absolute atomic E-state index is 13.6. The van der Waals surface area contributed by atoms with Crippen molar-refractivity contribution < 1.29 is 14.2 Å². The first-order chi connectivity index (χ1) is 7.65. The Morgan fingerprint density at radius 1 is 1.56 bits per heavy atom. The van der Waals surface area contributed by atoms with E-state index in [1.807, 2.05) is 6.92 Å². The first kappa shape index (κ1) is 11.4. The van der Waals surface area contributed by atoms with Gasteiger partial charge in [-0.05, 0) is 37.6 Å². The zero-order valence-corrected chi connectivity index (χ0v) is 9.29. The van der Waals surface area contributed by atoms with Crippen LogP contribution in [0.4, 0.5) is 4.39 Å². The van der Waals surface area contributed by atoms with Crippen LogP contribution in [-0.4, -0.2) is 24.8 Å². The van der Waals surface area contributed by atoms with Gasteiger partial charge in [0.05, 0.1) is 6.61 Å². The molecule has 1 atom stereocenters. The molecule has 88 valence electrons. The summed E-state index contributed by atoms with van der Waals surface area (Å²) in [7, 11) is 0. The van der Waals surface area contributed by atoms with Crippen molar-refractivity contribution in [2.24, 2.45) is 0 Å². The molecular weight excluding hydrogens is 209 g/mol. The fraction of sp³-hybridized carbons (Fsp3) is 0.500. The van der Waals surface area contributed by atoms with Gasteiger partial charge < -0.3 is 15.2 Å². The van der Waals surface area contributed by atoms with Gasteiger partial charge in [-0.3, -0.25) is 0 Å². The van der Waals surface area contributed by atoms with Crippen molar-refractivity contribution in [3.05, 3.63) is 29.6 Å². The lowest BCUT2D eigenvalue weighted by Gasteiger charge is -2.22. The van der Waals surface area contributed by atoms with Crippen LogP contribution in [0.15, 0.2) is 18.2 Å². The number of benzene rings is 1. The predicted molar refractivity (Wildman–Crippen MR) is 59.0 cm³/mol. The van der Waals surface area contributed by atoms with Crippen LogP contribution in [0.3, 0.4) is 0 Å². The van der Waals surface area contributed by atoms with Gasteiger partial charge in [-0.2, -0.15) is 0 Å². The standard InChI is InChI=1S/C12H16FNO2/c1-2-16-11-4-3-9(7-10(11)13)12(15)5-6-14-8-12/h3-4,7,14-15H,2,5-6,8H2,1H3. The number of ether oxygens (including phenoxy) is 1. The lowest BCUT2D eigenvalue weighted by atomic mass is 9.93. The minimum Gasteiger partial charge on any atom is -0.491 e. The van der Waals surface area contributed by atoms with Gasteiger partial charge in [-0.25, -0.2) is 4.39 Å². The molecule has 1 aromatic rings. The van der Waals surface area contributed by atoms with E-state index in [2.05, 4.69) is 5.32 Å². The Labute approximate surface area is 94.2 Å². The Kier molecular flexibility index (Phi) is 3.12. The van der Waals surface area contributed by atoms with E-state index >= 15 is 0 Å². The van der Waals surface area contributed by atoms with Crippen molar-refractivity contribution in [2.75, 3.05) is 19.7 Å². The highest BCUT2D eigenvalue weighted by Crippen LogP contribution is 2.30. The summed E-state index contributed by atoms with van der Waals surface area (Å²) in [5.74, 6) is -0.180. The van der Waals surface area contributed by atoms with Gasteiger partial charge in [-0.15, -0.1) is 0 Å². The summed E-state index contributed by atoms with van der Waals surface area (Å²) in [4.78, 5) is 0. The van der Waals surface area contributed by atoms with E-state index in [9.17, 15) is 9.50 Å². The molecule has 16 heavy (non-hydrogen) atoms. The van der Waals surface area contributed by atoms with Crippen LogP contribution in [0.2, 0.25) is 0 Å². The van der Waals surface area contributed by atoms with Crippen molar-refractivity contribution >= 4 is 0 Å². The van der Waals surface area contributed by atoms with E-state index in [1.54, 1.807) is 12.1 Å². The lowest BCUT2D eigenvalue weighted by molar-refractivity contribution is 0.0583. The van der Waals surface area contributed by atoms with Gasteiger partial charge in [-0.1, -0.05) is 6.07 Å². The smallest absolute Gasteiger partial charge is 0.165 e. The molecule has 2 rings (SSSR count). The molecule has 0 amide bonds. The number of rotatable bonds is 3. The summed E-state index contributed by atoms with van der Waals surface area (Å²) in [6, 6.07) is 4.66. The van der Waals surface area contributed by atoms with Crippen LogP contribution in [0.25, 0.3) is 0 Å². The Bertz CT molecular complexity index is 375. The topological polar surface area (TPSA) is 41.5 Å². The highest BCUT2D eigenvalue weighted by Gasteiger charge is 2.33. The van der Waals surface area contributed by atoms with Crippen molar-refractivity contribution in [3.63, 3.8) is 0 Å². The fourth-order valence-corrected chi connectivity index (χ4v) is 1.99. The first-order valence-electron chi connectivity index (χ1n) is 5.51. The number of hydrogen-bond acceptors (Lipinski definition) is 3. The molecular formula is C12H16FNO2. The number of nitrogens with one attached hydrogen (secondary N) is 1. The van der Waals surface area contributed by atoms with Gasteiger partial charge >= 0.3 is 0 Å². The molecule has 0 bridgehead atoms. The summed E-state index contributed by atoms with van der Waals surface area (Å²) in [6.07, 6.45) is 0.612. The van der Waals surface area contributed by atoms with Crippen LogP contribution in [0.5, 0.6) is 5.75 Å². The third kappa shape index (κ3) is 2.03. The molecule has 4 heteroatoms. The van der Waals surface area contributed by atoms with Gasteiger partial charge in [0.1, 0.15) is 5.60 Å². The molecule has 2 N–H and O–H groups in total. The third-order valence-electron chi connectivity index (χ3n) is 2.90. The molecule has 1 saturated heterocycles. The van der Waals surface area contributed by atoms with Crippen molar-refractivity contribution in [3.8, 4) is 5.75 Å². The SMILES string of the molecule is CCOc1ccc(C2(O)CCNC2)cc1F. The van der Waals surface area contributed by atoms with Gasteiger partial charge in [0, 0.05) is 6.54 Å². The van der Waals surface area contributed by atoms with E-state index in [4.69, 9.17) is 4.74 Å². The van der Waals surface area contributed by atoms with E-state index < -0.39 is 11.4 Å². The molecule has 1 heterocycles. The van der Waals surface area contributed by atoms with Crippen LogP contribution < -0.4 is 10.1 Å². The van der Waals surface area contributed by atoms with Crippen molar-refractivity contribution in [2.45, 2.75) is 18.9 Å². The van der Waals surface area contributed by atoms with Gasteiger partial charge in [0.25, 0.3) is 0 Å². The molecule has 1 fully saturated rings. The fourth-order valence-electron chi connectivity index (χ4n) is 1.99. The molecule has 1 unspecified atom stereocenters.